The molecule has 1 N–H and O–H groups in total. The first kappa shape index (κ1) is 13.5. The monoisotopic (exact) mass is 285 g/mol. The number of nitriles is 1. The van der Waals surface area contributed by atoms with Crippen LogP contribution in [0.25, 0.3) is 0 Å². The van der Waals surface area contributed by atoms with Gasteiger partial charge >= 0.3 is 0 Å². The first-order valence-corrected chi connectivity index (χ1v) is 8.14. The molecule has 0 atom stereocenters. The minimum Gasteiger partial charge on any atom is -0.335 e. The predicted molar refractivity (Wildman–Crippen MR) is 85.2 cm³/mol. The summed E-state index contributed by atoms with van der Waals surface area (Å²) >= 11 is 1.83. The van der Waals surface area contributed by atoms with Crippen molar-refractivity contribution in [1.82, 2.24) is 0 Å². The number of thioether (sulfide) groups is 1. The van der Waals surface area contributed by atoms with Crippen molar-refractivity contribution in [1.29, 1.82) is 5.26 Å². The molecule has 1 saturated carbocycles. The number of hydrogen-bond acceptors (Lipinski definition) is 4. The molecule has 1 spiro atoms. The zero-order chi connectivity index (χ0) is 14.0. The van der Waals surface area contributed by atoms with Crippen LogP contribution in [0.15, 0.2) is 23.2 Å². The Morgan fingerprint density at radius 2 is 2.15 bits per heavy atom. The maximum Gasteiger partial charge on any atom is 0.161 e. The quantitative estimate of drug-likeness (QED) is 0.850. The Balaban J connectivity index is 1.73. The van der Waals surface area contributed by atoms with Crippen molar-refractivity contribution in [3.63, 3.8) is 0 Å². The number of aryl methyl sites for hydroxylation is 1. The van der Waals surface area contributed by atoms with E-state index in [4.69, 9.17) is 10.3 Å². The van der Waals surface area contributed by atoms with Gasteiger partial charge in [-0.15, -0.1) is 0 Å². The minimum atomic E-state index is 0.472. The van der Waals surface area contributed by atoms with Crippen LogP contribution in [0.3, 0.4) is 0 Å². The summed E-state index contributed by atoms with van der Waals surface area (Å²) in [7, 11) is 0. The fraction of sp³-hybridized carbons (Fsp3) is 0.500. The topological polar surface area (TPSA) is 48.2 Å². The average Bonchev–Trinajstić information content (AvgIpc) is 2.92. The molecule has 1 aliphatic heterocycles. The highest BCUT2D eigenvalue weighted by molar-refractivity contribution is 8.14. The number of hydrogen-bond donors (Lipinski definition) is 1. The first-order valence-electron chi connectivity index (χ1n) is 7.16. The summed E-state index contributed by atoms with van der Waals surface area (Å²) in [6.07, 6.45) is 5.39. The van der Waals surface area contributed by atoms with Gasteiger partial charge in [0.05, 0.1) is 11.6 Å². The van der Waals surface area contributed by atoms with Gasteiger partial charge in [-0.3, -0.25) is 4.99 Å². The van der Waals surface area contributed by atoms with Crippen LogP contribution in [0.5, 0.6) is 0 Å². The molecule has 0 radical (unpaired) electrons. The molecule has 1 aromatic carbocycles. The smallest absolute Gasteiger partial charge is 0.161 e. The van der Waals surface area contributed by atoms with E-state index in [1.807, 2.05) is 30.0 Å². The normalized spacial score (nSPS) is 20.5. The van der Waals surface area contributed by atoms with Gasteiger partial charge in [0.15, 0.2) is 5.17 Å². The van der Waals surface area contributed by atoms with Crippen molar-refractivity contribution in [3.05, 3.63) is 29.3 Å². The van der Waals surface area contributed by atoms with Crippen LogP contribution in [0, 0.1) is 23.7 Å². The van der Waals surface area contributed by atoms with Crippen molar-refractivity contribution in [2.75, 3.05) is 17.6 Å². The van der Waals surface area contributed by atoms with Crippen LogP contribution >= 0.6 is 11.8 Å². The fourth-order valence-corrected chi connectivity index (χ4v) is 4.16. The number of anilines is 1. The van der Waals surface area contributed by atoms with E-state index in [9.17, 15) is 0 Å². The van der Waals surface area contributed by atoms with Gasteiger partial charge in [-0.25, -0.2) is 0 Å². The molecule has 3 rings (SSSR count). The summed E-state index contributed by atoms with van der Waals surface area (Å²) in [4.78, 5) is 4.74. The summed E-state index contributed by atoms with van der Waals surface area (Å²) in [5.41, 5.74) is 3.30. The van der Waals surface area contributed by atoms with Crippen molar-refractivity contribution in [2.24, 2.45) is 10.4 Å². The Morgan fingerprint density at radius 1 is 1.35 bits per heavy atom. The largest absolute Gasteiger partial charge is 0.335 e. The van der Waals surface area contributed by atoms with Crippen LogP contribution in [-0.4, -0.2) is 17.5 Å². The van der Waals surface area contributed by atoms with Crippen LogP contribution in [0.2, 0.25) is 0 Å². The summed E-state index contributed by atoms with van der Waals surface area (Å²) in [5.74, 6) is 1.18. The molecule has 0 aromatic heterocycles. The predicted octanol–water partition coefficient (Wildman–Crippen LogP) is 3.94. The lowest BCUT2D eigenvalue weighted by atomic mass is 9.89. The third-order valence-corrected chi connectivity index (χ3v) is 5.61. The summed E-state index contributed by atoms with van der Waals surface area (Å²) in [6, 6.07) is 7.92. The van der Waals surface area contributed by atoms with Crippen LogP contribution < -0.4 is 5.32 Å². The molecule has 1 aliphatic carbocycles. The zero-order valence-corrected chi connectivity index (χ0v) is 12.6. The van der Waals surface area contributed by atoms with E-state index < -0.39 is 0 Å². The van der Waals surface area contributed by atoms with E-state index in [0.29, 0.717) is 11.0 Å². The van der Waals surface area contributed by atoms with Crippen molar-refractivity contribution in [2.45, 2.75) is 32.6 Å². The van der Waals surface area contributed by atoms with Crippen molar-refractivity contribution >= 4 is 22.6 Å². The molecule has 1 aromatic rings. The van der Waals surface area contributed by atoms with Crippen molar-refractivity contribution in [3.8, 4) is 6.07 Å². The SMILES string of the molecule is Cc1ccc(C#N)cc1NC1=NCC2(CCCC2)CS1. The number of nitrogens with zero attached hydrogens (tertiary/aromatic N) is 2. The van der Waals surface area contributed by atoms with Gasteiger partial charge in [0.2, 0.25) is 0 Å². The zero-order valence-electron chi connectivity index (χ0n) is 11.8. The summed E-state index contributed by atoms with van der Waals surface area (Å²) in [5, 5.41) is 13.4. The highest BCUT2D eigenvalue weighted by atomic mass is 32.2. The molecule has 0 unspecified atom stereocenters. The van der Waals surface area contributed by atoms with E-state index in [0.717, 1.165) is 23.0 Å². The van der Waals surface area contributed by atoms with Gasteiger partial charge in [0.25, 0.3) is 0 Å². The molecule has 2 aliphatic rings. The number of rotatable bonds is 1. The maximum absolute atomic E-state index is 8.98. The van der Waals surface area contributed by atoms with E-state index >= 15 is 0 Å². The highest BCUT2D eigenvalue weighted by Crippen LogP contribution is 2.43. The fourth-order valence-electron chi connectivity index (χ4n) is 3.00. The lowest BCUT2D eigenvalue weighted by Gasteiger charge is -2.31. The van der Waals surface area contributed by atoms with Crippen molar-refractivity contribution < 1.29 is 0 Å². The lowest BCUT2D eigenvalue weighted by molar-refractivity contribution is 0.359. The molecule has 20 heavy (non-hydrogen) atoms. The van der Waals surface area contributed by atoms with E-state index in [2.05, 4.69) is 18.3 Å². The second-order valence-electron chi connectivity index (χ2n) is 5.88. The first-order chi connectivity index (χ1) is 9.71. The number of benzene rings is 1. The van der Waals surface area contributed by atoms with E-state index in [1.54, 1.807) is 0 Å². The van der Waals surface area contributed by atoms with Crippen LogP contribution in [-0.2, 0) is 0 Å². The summed E-state index contributed by atoms with van der Waals surface area (Å²) < 4.78 is 0. The summed E-state index contributed by atoms with van der Waals surface area (Å²) in [6.45, 7) is 3.01. The Kier molecular flexibility index (Phi) is 3.71. The number of nitrogens with one attached hydrogen (secondary N) is 1. The van der Waals surface area contributed by atoms with E-state index in [1.165, 1.54) is 31.4 Å². The van der Waals surface area contributed by atoms with Gasteiger partial charge in [0.1, 0.15) is 0 Å². The second-order valence-corrected chi connectivity index (χ2v) is 6.85. The van der Waals surface area contributed by atoms with Crippen LogP contribution in [0.1, 0.15) is 36.8 Å². The molecule has 0 bridgehead atoms. The molecule has 1 fully saturated rings. The Bertz CT molecular complexity index is 580. The molecule has 3 nitrogen and oxygen atoms in total. The molecule has 104 valence electrons. The van der Waals surface area contributed by atoms with E-state index in [-0.39, 0.29) is 0 Å². The lowest BCUT2D eigenvalue weighted by Crippen LogP contribution is -2.30. The Hall–Kier alpha value is -1.47. The number of aliphatic imine (C=N–C) groups is 1. The standard InChI is InChI=1S/C16H19N3S/c1-12-4-5-13(9-17)8-14(12)19-15-18-10-16(11-20-15)6-2-3-7-16/h4-5,8H,2-3,6-7,10-11H2,1H3,(H,18,19). The second kappa shape index (κ2) is 5.49. The molecule has 0 amide bonds. The van der Waals surface area contributed by atoms with Gasteiger partial charge in [-0.2, -0.15) is 5.26 Å². The Morgan fingerprint density at radius 3 is 2.80 bits per heavy atom. The maximum atomic E-state index is 8.98. The molecule has 1 heterocycles. The molecule has 0 saturated heterocycles. The third-order valence-electron chi connectivity index (χ3n) is 4.35. The van der Waals surface area contributed by atoms with Crippen LogP contribution in [0.4, 0.5) is 5.69 Å². The third kappa shape index (κ3) is 2.69. The number of amidine groups is 1. The molecule has 4 heteroatoms. The van der Waals surface area contributed by atoms with Gasteiger partial charge in [-0.05, 0) is 42.9 Å². The average molecular weight is 285 g/mol. The Labute approximate surface area is 124 Å². The molecular formula is C16H19N3S. The van der Waals surface area contributed by atoms with Gasteiger partial charge in [0, 0.05) is 18.0 Å². The highest BCUT2D eigenvalue weighted by Gasteiger charge is 2.36. The van der Waals surface area contributed by atoms with Gasteiger partial charge in [-0.1, -0.05) is 30.7 Å². The molecular weight excluding hydrogens is 266 g/mol. The minimum absolute atomic E-state index is 0.472. The van der Waals surface area contributed by atoms with Gasteiger partial charge < -0.3 is 5.32 Å².